The fraction of sp³-hybridized carbons (Fsp3) is 0.222. The Morgan fingerprint density at radius 2 is 1.96 bits per heavy atom. The Balaban J connectivity index is 1.84. The number of rotatable bonds is 5. The molecule has 1 amide bonds. The minimum Gasteiger partial charge on any atom is -0.343 e. The normalized spacial score (nSPS) is 11.9. The number of nitrogens with one attached hydrogen (secondary N) is 1. The minimum atomic E-state index is -0.207. The minimum absolute atomic E-state index is 0.144. The second-order valence-corrected chi connectivity index (χ2v) is 5.64. The first-order chi connectivity index (χ1) is 11.6. The van der Waals surface area contributed by atoms with E-state index in [1.54, 1.807) is 11.0 Å². The molecule has 2 heterocycles. The van der Waals surface area contributed by atoms with Gasteiger partial charge in [-0.3, -0.25) is 14.5 Å². The van der Waals surface area contributed by atoms with Gasteiger partial charge in [-0.25, -0.2) is 4.98 Å². The Labute approximate surface area is 140 Å². The van der Waals surface area contributed by atoms with Crippen LogP contribution >= 0.6 is 0 Å². The molecule has 0 aliphatic rings. The number of hydrogen-bond acceptors (Lipinski definition) is 4. The van der Waals surface area contributed by atoms with Crippen LogP contribution in [0.25, 0.3) is 0 Å². The third kappa shape index (κ3) is 3.65. The molecule has 0 bridgehead atoms. The van der Waals surface area contributed by atoms with Crippen molar-refractivity contribution in [2.75, 3.05) is 0 Å². The maximum Gasteiger partial charge on any atom is 0.253 e. The Morgan fingerprint density at radius 3 is 2.62 bits per heavy atom. The van der Waals surface area contributed by atoms with Crippen molar-refractivity contribution >= 4 is 5.91 Å². The van der Waals surface area contributed by atoms with Crippen molar-refractivity contribution in [1.82, 2.24) is 25.1 Å². The quantitative estimate of drug-likeness (QED) is 0.783. The van der Waals surface area contributed by atoms with Gasteiger partial charge in [-0.2, -0.15) is 5.10 Å². The second-order valence-electron chi connectivity index (χ2n) is 5.64. The number of carbonyl (C=O) groups excluding carboxylic acids is 1. The maximum absolute atomic E-state index is 12.7. The standard InChI is InChI=1S/C18H19N5O/c1-13-8-9-16(14(2)21-13)18(24)22-17(10-23-12-19-11-20-23)15-6-4-3-5-7-15/h3-9,11-12,17H,10H2,1-2H3,(H,22,24). The Hall–Kier alpha value is -3.02. The number of aromatic nitrogens is 4. The van der Waals surface area contributed by atoms with E-state index in [0.29, 0.717) is 12.1 Å². The van der Waals surface area contributed by atoms with Crippen molar-refractivity contribution in [3.8, 4) is 0 Å². The molecule has 0 aliphatic carbocycles. The molecule has 1 atom stereocenters. The summed E-state index contributed by atoms with van der Waals surface area (Å²) < 4.78 is 1.71. The van der Waals surface area contributed by atoms with Gasteiger partial charge in [-0.15, -0.1) is 0 Å². The number of aryl methyl sites for hydroxylation is 2. The third-order valence-electron chi connectivity index (χ3n) is 3.81. The molecule has 0 saturated carbocycles. The van der Waals surface area contributed by atoms with E-state index in [4.69, 9.17) is 0 Å². The molecule has 24 heavy (non-hydrogen) atoms. The number of pyridine rings is 1. The van der Waals surface area contributed by atoms with Gasteiger partial charge in [-0.05, 0) is 31.5 Å². The lowest BCUT2D eigenvalue weighted by molar-refractivity contribution is 0.0930. The molecule has 122 valence electrons. The van der Waals surface area contributed by atoms with Gasteiger partial charge < -0.3 is 5.32 Å². The van der Waals surface area contributed by atoms with E-state index in [1.807, 2.05) is 56.3 Å². The molecule has 1 N–H and O–H groups in total. The van der Waals surface area contributed by atoms with Gasteiger partial charge in [0.05, 0.1) is 23.8 Å². The van der Waals surface area contributed by atoms with Gasteiger partial charge in [0.15, 0.2) is 0 Å². The van der Waals surface area contributed by atoms with Gasteiger partial charge in [0.25, 0.3) is 5.91 Å². The number of nitrogens with zero attached hydrogens (tertiary/aromatic N) is 4. The Morgan fingerprint density at radius 1 is 1.17 bits per heavy atom. The van der Waals surface area contributed by atoms with Crippen molar-refractivity contribution in [1.29, 1.82) is 0 Å². The molecule has 3 rings (SSSR count). The van der Waals surface area contributed by atoms with Crippen LogP contribution in [-0.2, 0) is 6.54 Å². The van der Waals surface area contributed by atoms with E-state index < -0.39 is 0 Å². The third-order valence-corrected chi connectivity index (χ3v) is 3.81. The molecule has 0 saturated heterocycles. The monoisotopic (exact) mass is 321 g/mol. The zero-order valence-corrected chi connectivity index (χ0v) is 13.7. The van der Waals surface area contributed by atoms with Crippen LogP contribution in [0.3, 0.4) is 0 Å². The van der Waals surface area contributed by atoms with E-state index in [0.717, 1.165) is 17.0 Å². The van der Waals surface area contributed by atoms with E-state index >= 15 is 0 Å². The predicted octanol–water partition coefficient (Wildman–Crippen LogP) is 2.46. The fourth-order valence-electron chi connectivity index (χ4n) is 2.60. The zero-order chi connectivity index (χ0) is 16.9. The first-order valence-corrected chi connectivity index (χ1v) is 7.76. The summed E-state index contributed by atoms with van der Waals surface area (Å²) in [6.07, 6.45) is 3.12. The smallest absolute Gasteiger partial charge is 0.253 e. The van der Waals surface area contributed by atoms with Gasteiger partial charge >= 0.3 is 0 Å². The number of carbonyl (C=O) groups is 1. The van der Waals surface area contributed by atoms with E-state index in [-0.39, 0.29) is 11.9 Å². The van der Waals surface area contributed by atoms with E-state index in [9.17, 15) is 4.79 Å². The van der Waals surface area contributed by atoms with Crippen molar-refractivity contribution in [3.63, 3.8) is 0 Å². The highest BCUT2D eigenvalue weighted by molar-refractivity contribution is 5.95. The van der Waals surface area contributed by atoms with Crippen molar-refractivity contribution in [2.45, 2.75) is 26.4 Å². The number of amides is 1. The zero-order valence-electron chi connectivity index (χ0n) is 13.7. The summed E-state index contributed by atoms with van der Waals surface area (Å²) in [4.78, 5) is 21.0. The van der Waals surface area contributed by atoms with E-state index in [1.165, 1.54) is 6.33 Å². The summed E-state index contributed by atoms with van der Waals surface area (Å²) in [7, 11) is 0. The molecule has 0 spiro atoms. The summed E-state index contributed by atoms with van der Waals surface area (Å²) in [5.41, 5.74) is 3.21. The van der Waals surface area contributed by atoms with Crippen molar-refractivity contribution in [3.05, 3.63) is 77.6 Å². The van der Waals surface area contributed by atoms with Gasteiger partial charge in [0.1, 0.15) is 12.7 Å². The highest BCUT2D eigenvalue weighted by atomic mass is 16.1. The second kappa shape index (κ2) is 7.04. The summed E-state index contributed by atoms with van der Waals surface area (Å²) >= 11 is 0. The van der Waals surface area contributed by atoms with Crippen LogP contribution in [0.1, 0.15) is 33.4 Å². The lowest BCUT2D eigenvalue weighted by Gasteiger charge is -2.19. The van der Waals surface area contributed by atoms with E-state index in [2.05, 4.69) is 20.4 Å². The molecule has 1 unspecified atom stereocenters. The lowest BCUT2D eigenvalue weighted by Crippen LogP contribution is -2.32. The van der Waals surface area contributed by atoms with Crippen LogP contribution in [-0.4, -0.2) is 25.7 Å². The first-order valence-electron chi connectivity index (χ1n) is 7.76. The Bertz CT molecular complexity index is 815. The molecular formula is C18H19N5O. The average molecular weight is 321 g/mol. The largest absolute Gasteiger partial charge is 0.343 e. The molecule has 0 aliphatic heterocycles. The van der Waals surface area contributed by atoms with Crippen molar-refractivity contribution < 1.29 is 4.79 Å². The van der Waals surface area contributed by atoms with Crippen LogP contribution < -0.4 is 5.32 Å². The fourth-order valence-corrected chi connectivity index (χ4v) is 2.60. The van der Waals surface area contributed by atoms with Crippen LogP contribution in [0, 0.1) is 13.8 Å². The van der Waals surface area contributed by atoms with Crippen LogP contribution in [0.4, 0.5) is 0 Å². The van der Waals surface area contributed by atoms with Crippen LogP contribution in [0.2, 0.25) is 0 Å². The highest BCUT2D eigenvalue weighted by Gasteiger charge is 2.18. The molecule has 6 nitrogen and oxygen atoms in total. The summed E-state index contributed by atoms with van der Waals surface area (Å²) in [6.45, 7) is 4.26. The first kappa shape index (κ1) is 15.9. The SMILES string of the molecule is Cc1ccc(C(=O)NC(Cn2cncn2)c2ccccc2)c(C)n1. The summed E-state index contributed by atoms with van der Waals surface area (Å²) in [5.74, 6) is -0.144. The van der Waals surface area contributed by atoms with Crippen LogP contribution in [0.15, 0.2) is 55.1 Å². The topological polar surface area (TPSA) is 72.7 Å². The molecule has 3 aromatic rings. The lowest BCUT2D eigenvalue weighted by atomic mass is 10.1. The number of hydrogen-bond donors (Lipinski definition) is 1. The highest BCUT2D eigenvalue weighted by Crippen LogP contribution is 2.16. The van der Waals surface area contributed by atoms with Crippen LogP contribution in [0.5, 0.6) is 0 Å². The summed E-state index contributed by atoms with van der Waals surface area (Å²) in [6, 6.07) is 13.3. The molecular weight excluding hydrogens is 302 g/mol. The molecule has 0 fully saturated rings. The van der Waals surface area contributed by atoms with Gasteiger partial charge in [0, 0.05) is 5.69 Å². The van der Waals surface area contributed by atoms with Crippen molar-refractivity contribution in [2.24, 2.45) is 0 Å². The molecule has 2 aromatic heterocycles. The Kier molecular flexibility index (Phi) is 4.65. The molecule has 0 radical (unpaired) electrons. The maximum atomic E-state index is 12.7. The number of benzene rings is 1. The van der Waals surface area contributed by atoms with Gasteiger partial charge in [0.2, 0.25) is 0 Å². The average Bonchev–Trinajstić information content (AvgIpc) is 3.08. The summed E-state index contributed by atoms with van der Waals surface area (Å²) in [5, 5.41) is 7.21. The predicted molar refractivity (Wildman–Crippen MR) is 90.4 cm³/mol. The molecule has 1 aromatic carbocycles. The molecule has 6 heteroatoms. The van der Waals surface area contributed by atoms with Gasteiger partial charge in [-0.1, -0.05) is 30.3 Å².